The van der Waals surface area contributed by atoms with E-state index in [9.17, 15) is 4.79 Å². The molecule has 0 unspecified atom stereocenters. The van der Waals surface area contributed by atoms with Gasteiger partial charge in [-0.25, -0.2) is 14.8 Å². The third-order valence-electron chi connectivity index (χ3n) is 3.20. The van der Waals surface area contributed by atoms with Gasteiger partial charge in [0, 0.05) is 18.3 Å². The van der Waals surface area contributed by atoms with Gasteiger partial charge in [0.2, 0.25) is 5.88 Å². The van der Waals surface area contributed by atoms with Crippen LogP contribution in [0.25, 0.3) is 11.1 Å². The number of pyridine rings is 1. The molecule has 0 saturated carbocycles. The summed E-state index contributed by atoms with van der Waals surface area (Å²) >= 11 is 0. The molecule has 2 aromatic heterocycles. The molecule has 0 aliphatic carbocycles. The van der Waals surface area contributed by atoms with E-state index in [-0.39, 0.29) is 0 Å². The number of amides is 2. The molecule has 7 nitrogen and oxygen atoms in total. The van der Waals surface area contributed by atoms with Crippen molar-refractivity contribution in [3.8, 4) is 5.88 Å². The molecule has 0 bridgehead atoms. The number of aromatic nitrogens is 2. The van der Waals surface area contributed by atoms with E-state index in [0.29, 0.717) is 34.2 Å². The summed E-state index contributed by atoms with van der Waals surface area (Å²) < 4.78 is 10.6. The van der Waals surface area contributed by atoms with E-state index < -0.39 is 6.03 Å². The SMILES string of the molecule is CCc1nc2cc(NC(=O)Nc3cccnc3OC)ccc2o1. The Labute approximate surface area is 132 Å². The van der Waals surface area contributed by atoms with Gasteiger partial charge in [-0.15, -0.1) is 0 Å². The molecule has 2 heterocycles. The molecule has 7 heteroatoms. The van der Waals surface area contributed by atoms with Gasteiger partial charge in [-0.1, -0.05) is 6.92 Å². The highest BCUT2D eigenvalue weighted by Crippen LogP contribution is 2.22. The standard InChI is InChI=1S/C16H16N4O3/c1-3-14-19-12-9-10(6-7-13(12)23-14)18-16(21)20-11-5-4-8-17-15(11)22-2/h4-9H,3H2,1-2H3,(H2,18,20,21). The first kappa shape index (κ1) is 14.8. The average Bonchev–Trinajstić information content (AvgIpc) is 2.97. The van der Waals surface area contributed by atoms with Gasteiger partial charge in [0.15, 0.2) is 11.5 Å². The predicted octanol–water partition coefficient (Wildman–Crippen LogP) is 3.44. The Morgan fingerprint density at radius 2 is 2.17 bits per heavy atom. The van der Waals surface area contributed by atoms with Crippen LogP contribution >= 0.6 is 0 Å². The molecular weight excluding hydrogens is 296 g/mol. The largest absolute Gasteiger partial charge is 0.480 e. The monoisotopic (exact) mass is 312 g/mol. The maximum absolute atomic E-state index is 12.1. The van der Waals surface area contributed by atoms with E-state index in [4.69, 9.17) is 9.15 Å². The van der Waals surface area contributed by atoms with Crippen LogP contribution in [-0.4, -0.2) is 23.1 Å². The summed E-state index contributed by atoms with van der Waals surface area (Å²) in [5, 5.41) is 5.44. The van der Waals surface area contributed by atoms with E-state index in [1.807, 2.05) is 6.92 Å². The molecule has 118 valence electrons. The number of hydrogen-bond acceptors (Lipinski definition) is 5. The second-order valence-electron chi connectivity index (χ2n) is 4.78. The number of fused-ring (bicyclic) bond motifs is 1. The van der Waals surface area contributed by atoms with Crippen molar-refractivity contribution >= 4 is 28.5 Å². The van der Waals surface area contributed by atoms with E-state index in [0.717, 1.165) is 6.42 Å². The Balaban J connectivity index is 1.74. The van der Waals surface area contributed by atoms with Crippen molar-refractivity contribution in [3.05, 3.63) is 42.4 Å². The van der Waals surface area contributed by atoms with Crippen LogP contribution in [-0.2, 0) is 6.42 Å². The molecule has 0 aliphatic heterocycles. The number of methoxy groups -OCH3 is 1. The van der Waals surface area contributed by atoms with Gasteiger partial charge < -0.3 is 19.8 Å². The number of carbonyl (C=O) groups is 1. The fourth-order valence-electron chi connectivity index (χ4n) is 2.14. The highest BCUT2D eigenvalue weighted by Gasteiger charge is 2.10. The van der Waals surface area contributed by atoms with Crippen LogP contribution in [0.2, 0.25) is 0 Å². The predicted molar refractivity (Wildman–Crippen MR) is 86.8 cm³/mol. The van der Waals surface area contributed by atoms with Crippen molar-refractivity contribution in [1.29, 1.82) is 0 Å². The molecule has 0 saturated heterocycles. The van der Waals surface area contributed by atoms with Crippen molar-refractivity contribution < 1.29 is 13.9 Å². The van der Waals surface area contributed by atoms with Gasteiger partial charge in [-0.2, -0.15) is 0 Å². The van der Waals surface area contributed by atoms with Gasteiger partial charge in [-0.3, -0.25) is 0 Å². The number of benzene rings is 1. The van der Waals surface area contributed by atoms with Crippen molar-refractivity contribution in [2.45, 2.75) is 13.3 Å². The Morgan fingerprint density at radius 1 is 1.30 bits per heavy atom. The third kappa shape index (κ3) is 3.23. The molecule has 2 N–H and O–H groups in total. The van der Waals surface area contributed by atoms with Crippen LogP contribution < -0.4 is 15.4 Å². The molecule has 3 aromatic rings. The van der Waals surface area contributed by atoms with E-state index in [1.165, 1.54) is 7.11 Å². The summed E-state index contributed by atoms with van der Waals surface area (Å²) in [5.74, 6) is 1.02. The number of carbonyl (C=O) groups excluding carboxylic acids is 1. The number of rotatable bonds is 4. The van der Waals surface area contributed by atoms with Gasteiger partial charge in [-0.05, 0) is 30.3 Å². The number of hydrogen-bond donors (Lipinski definition) is 2. The zero-order chi connectivity index (χ0) is 16.2. The highest BCUT2D eigenvalue weighted by molar-refractivity contribution is 6.01. The maximum atomic E-state index is 12.1. The zero-order valence-electron chi connectivity index (χ0n) is 12.8. The molecular formula is C16H16N4O3. The lowest BCUT2D eigenvalue weighted by Gasteiger charge is -2.09. The smallest absolute Gasteiger partial charge is 0.323 e. The summed E-state index contributed by atoms with van der Waals surface area (Å²) in [6.45, 7) is 1.97. The van der Waals surface area contributed by atoms with Crippen molar-refractivity contribution in [2.75, 3.05) is 17.7 Å². The molecule has 0 aliphatic rings. The molecule has 0 fully saturated rings. The first-order chi connectivity index (χ1) is 11.2. The van der Waals surface area contributed by atoms with Crippen LogP contribution in [0.1, 0.15) is 12.8 Å². The fraction of sp³-hybridized carbons (Fsp3) is 0.188. The first-order valence-electron chi connectivity index (χ1n) is 7.16. The van der Waals surface area contributed by atoms with E-state index in [1.54, 1.807) is 36.5 Å². The van der Waals surface area contributed by atoms with Gasteiger partial charge in [0.05, 0.1) is 7.11 Å². The number of urea groups is 1. The van der Waals surface area contributed by atoms with Crippen LogP contribution in [0.3, 0.4) is 0 Å². The topological polar surface area (TPSA) is 89.3 Å². The summed E-state index contributed by atoms with van der Waals surface area (Å²) in [5.41, 5.74) is 2.51. The van der Waals surface area contributed by atoms with Crippen LogP contribution in [0, 0.1) is 0 Å². The molecule has 0 radical (unpaired) electrons. The van der Waals surface area contributed by atoms with Crippen LogP contribution in [0.15, 0.2) is 40.9 Å². The summed E-state index contributed by atoms with van der Waals surface area (Å²) in [4.78, 5) is 20.5. The number of aryl methyl sites for hydroxylation is 1. The average molecular weight is 312 g/mol. The maximum Gasteiger partial charge on any atom is 0.323 e. The normalized spacial score (nSPS) is 10.5. The number of ether oxygens (including phenoxy) is 1. The number of nitrogens with zero attached hydrogens (tertiary/aromatic N) is 2. The molecule has 2 amide bonds. The molecule has 23 heavy (non-hydrogen) atoms. The summed E-state index contributed by atoms with van der Waals surface area (Å²) in [6.07, 6.45) is 2.31. The number of oxazole rings is 1. The molecule has 0 atom stereocenters. The lowest BCUT2D eigenvalue weighted by Crippen LogP contribution is -2.19. The summed E-state index contributed by atoms with van der Waals surface area (Å²) in [6, 6.07) is 8.33. The second-order valence-corrected chi connectivity index (χ2v) is 4.78. The fourth-order valence-corrected chi connectivity index (χ4v) is 2.14. The van der Waals surface area contributed by atoms with E-state index >= 15 is 0 Å². The van der Waals surface area contributed by atoms with Crippen molar-refractivity contribution in [1.82, 2.24) is 9.97 Å². The minimum atomic E-state index is -0.394. The van der Waals surface area contributed by atoms with Gasteiger partial charge >= 0.3 is 6.03 Å². The lowest BCUT2D eigenvalue weighted by molar-refractivity contribution is 0.262. The van der Waals surface area contributed by atoms with E-state index in [2.05, 4.69) is 20.6 Å². The molecule has 3 rings (SSSR count). The van der Waals surface area contributed by atoms with Crippen molar-refractivity contribution in [2.24, 2.45) is 0 Å². The van der Waals surface area contributed by atoms with Crippen molar-refractivity contribution in [3.63, 3.8) is 0 Å². The molecule has 1 aromatic carbocycles. The Kier molecular flexibility index (Phi) is 4.09. The quantitative estimate of drug-likeness (QED) is 0.770. The Hall–Kier alpha value is -3.09. The number of anilines is 2. The third-order valence-corrected chi connectivity index (χ3v) is 3.20. The lowest BCUT2D eigenvalue weighted by atomic mass is 10.3. The Bertz CT molecular complexity index is 844. The van der Waals surface area contributed by atoms with Gasteiger partial charge in [0.1, 0.15) is 11.2 Å². The summed E-state index contributed by atoms with van der Waals surface area (Å²) in [7, 11) is 1.50. The highest BCUT2D eigenvalue weighted by atomic mass is 16.5. The Morgan fingerprint density at radius 3 is 2.96 bits per heavy atom. The number of nitrogens with one attached hydrogen (secondary N) is 2. The first-order valence-corrected chi connectivity index (χ1v) is 7.16. The van der Waals surface area contributed by atoms with Gasteiger partial charge in [0.25, 0.3) is 0 Å². The second kappa shape index (κ2) is 6.35. The minimum Gasteiger partial charge on any atom is -0.480 e. The van der Waals surface area contributed by atoms with Crippen LogP contribution in [0.5, 0.6) is 5.88 Å². The zero-order valence-corrected chi connectivity index (χ0v) is 12.8. The minimum absolute atomic E-state index is 0.349. The molecule has 0 spiro atoms. The van der Waals surface area contributed by atoms with Crippen LogP contribution in [0.4, 0.5) is 16.2 Å².